The van der Waals surface area contributed by atoms with Crippen molar-refractivity contribution in [2.45, 2.75) is 0 Å². The van der Waals surface area contributed by atoms with Crippen LogP contribution in [-0.4, -0.2) is 9.97 Å². The fourth-order valence-electron chi connectivity index (χ4n) is 8.10. The zero-order valence-electron chi connectivity index (χ0n) is 29.8. The number of aromatic nitrogens is 2. The molecule has 256 valence electrons. The summed E-state index contributed by atoms with van der Waals surface area (Å²) in [5, 5.41) is 9.92. The summed E-state index contributed by atoms with van der Waals surface area (Å²) in [6, 6.07) is 70.0. The molecule has 11 rings (SSSR count). The third kappa shape index (κ3) is 5.56. The maximum atomic E-state index is 5.32. The van der Waals surface area contributed by atoms with Gasteiger partial charge < -0.3 is 0 Å². The lowest BCUT2D eigenvalue weighted by Crippen LogP contribution is -1.97. The van der Waals surface area contributed by atoms with Crippen molar-refractivity contribution in [2.24, 2.45) is 0 Å². The molecule has 2 aromatic heterocycles. The van der Waals surface area contributed by atoms with E-state index in [1.165, 1.54) is 63.6 Å². The van der Waals surface area contributed by atoms with Crippen LogP contribution in [0.2, 0.25) is 0 Å². The lowest BCUT2D eigenvalue weighted by atomic mass is 9.91. The van der Waals surface area contributed by atoms with Crippen molar-refractivity contribution in [1.29, 1.82) is 0 Å². The van der Waals surface area contributed by atoms with Crippen LogP contribution in [0.4, 0.5) is 0 Å². The second kappa shape index (κ2) is 12.9. The number of fused-ring (bicyclic) bond motifs is 7. The van der Waals surface area contributed by atoms with Crippen LogP contribution < -0.4 is 0 Å². The molecular weight excluding hydrogens is 685 g/mol. The second-order valence-corrected chi connectivity index (χ2v) is 15.3. The quantitative estimate of drug-likeness (QED) is 0.166. The normalized spacial score (nSPS) is 11.6. The average Bonchev–Trinajstić information content (AvgIpc) is 3.64. The Balaban J connectivity index is 1.16. The van der Waals surface area contributed by atoms with Gasteiger partial charge >= 0.3 is 0 Å². The maximum absolute atomic E-state index is 5.32. The molecule has 3 heteroatoms. The molecule has 0 saturated carbocycles. The molecule has 0 atom stereocenters. The fraction of sp³-hybridized carbons (Fsp3) is 0. The van der Waals surface area contributed by atoms with E-state index in [-0.39, 0.29) is 0 Å². The Kier molecular flexibility index (Phi) is 7.39. The summed E-state index contributed by atoms with van der Waals surface area (Å²) in [7, 11) is 0. The van der Waals surface area contributed by atoms with Crippen LogP contribution in [0.25, 0.3) is 109 Å². The van der Waals surface area contributed by atoms with E-state index < -0.39 is 0 Å². The Labute approximate surface area is 322 Å². The zero-order valence-corrected chi connectivity index (χ0v) is 30.6. The average molecular weight is 717 g/mol. The topological polar surface area (TPSA) is 25.8 Å². The molecule has 0 amide bonds. The molecule has 0 aliphatic rings. The molecule has 0 N–H and O–H groups in total. The van der Waals surface area contributed by atoms with Crippen molar-refractivity contribution < 1.29 is 0 Å². The monoisotopic (exact) mass is 716 g/mol. The summed E-state index contributed by atoms with van der Waals surface area (Å²) in [4.78, 5) is 10.6. The highest BCUT2D eigenvalue weighted by molar-refractivity contribution is 7.25. The molecule has 0 bridgehead atoms. The summed E-state index contributed by atoms with van der Waals surface area (Å²) in [5.41, 5.74) is 9.54. The zero-order chi connectivity index (χ0) is 36.3. The van der Waals surface area contributed by atoms with E-state index in [0.717, 1.165) is 39.2 Å². The Morgan fingerprint density at radius 3 is 1.73 bits per heavy atom. The lowest BCUT2D eigenvalue weighted by molar-refractivity contribution is 1.18. The molecule has 2 nitrogen and oxygen atoms in total. The van der Waals surface area contributed by atoms with Crippen molar-refractivity contribution in [1.82, 2.24) is 9.97 Å². The minimum absolute atomic E-state index is 0.703. The first kappa shape index (κ1) is 31.6. The highest BCUT2D eigenvalue weighted by atomic mass is 32.1. The van der Waals surface area contributed by atoms with E-state index in [2.05, 4.69) is 188 Å². The van der Waals surface area contributed by atoms with Crippen molar-refractivity contribution >= 4 is 63.8 Å². The van der Waals surface area contributed by atoms with Gasteiger partial charge in [-0.25, -0.2) is 9.97 Å². The van der Waals surface area contributed by atoms with Gasteiger partial charge in [-0.05, 0) is 103 Å². The van der Waals surface area contributed by atoms with Gasteiger partial charge in [0.15, 0.2) is 5.82 Å². The van der Waals surface area contributed by atoms with E-state index in [1.807, 2.05) is 17.4 Å². The van der Waals surface area contributed by atoms with Crippen molar-refractivity contribution in [2.75, 3.05) is 0 Å². The van der Waals surface area contributed by atoms with Gasteiger partial charge in [0.2, 0.25) is 0 Å². The van der Waals surface area contributed by atoms with Crippen LogP contribution in [0.15, 0.2) is 194 Å². The van der Waals surface area contributed by atoms with Crippen LogP contribution in [0, 0.1) is 0 Å². The molecule has 0 spiro atoms. The lowest BCUT2D eigenvalue weighted by Gasteiger charge is -2.15. The van der Waals surface area contributed by atoms with E-state index >= 15 is 0 Å². The number of benzene rings is 9. The van der Waals surface area contributed by atoms with Gasteiger partial charge in [-0.3, -0.25) is 0 Å². The van der Waals surface area contributed by atoms with Gasteiger partial charge in [0.05, 0.1) is 11.4 Å². The van der Waals surface area contributed by atoms with Gasteiger partial charge in [0, 0.05) is 36.9 Å². The number of nitrogens with zero attached hydrogens (tertiary/aromatic N) is 2. The summed E-state index contributed by atoms with van der Waals surface area (Å²) in [6.07, 6.45) is 0. The van der Waals surface area contributed by atoms with Crippen molar-refractivity contribution in [3.8, 4) is 56.2 Å². The van der Waals surface area contributed by atoms with Crippen LogP contribution in [0.3, 0.4) is 0 Å². The van der Waals surface area contributed by atoms with Gasteiger partial charge in [0.25, 0.3) is 0 Å². The third-order valence-corrected chi connectivity index (χ3v) is 12.0. The van der Waals surface area contributed by atoms with Gasteiger partial charge in [-0.15, -0.1) is 11.3 Å². The molecule has 2 heterocycles. The van der Waals surface area contributed by atoms with Gasteiger partial charge in [-0.2, -0.15) is 0 Å². The van der Waals surface area contributed by atoms with Crippen LogP contribution in [0.5, 0.6) is 0 Å². The molecular formula is C52H32N2S. The fourth-order valence-corrected chi connectivity index (χ4v) is 9.19. The van der Waals surface area contributed by atoms with E-state index in [1.54, 1.807) is 0 Å². The minimum Gasteiger partial charge on any atom is -0.228 e. The first-order valence-corrected chi connectivity index (χ1v) is 19.5. The van der Waals surface area contributed by atoms with Crippen molar-refractivity contribution in [3.05, 3.63) is 194 Å². The number of thiophene rings is 1. The summed E-state index contributed by atoms with van der Waals surface area (Å²) < 4.78 is 2.61. The standard InChI is InChI=1S/C52H32N2S/c1-2-13-36(14-3-1)52-53-48(38-24-23-35-22-21-34-12-5-7-17-43(34)46(35)31-38)32-49(54-52)41-28-39(27-40(29-41)44-19-10-15-33-11-4-6-16-42(33)44)37-25-26-51-47(30-37)45-18-8-9-20-50(45)55-51/h1-32H. The van der Waals surface area contributed by atoms with Gasteiger partial charge in [-0.1, -0.05) is 146 Å². The molecule has 9 aromatic carbocycles. The van der Waals surface area contributed by atoms with Crippen LogP contribution in [0.1, 0.15) is 0 Å². The van der Waals surface area contributed by atoms with E-state index in [0.29, 0.717) is 5.82 Å². The summed E-state index contributed by atoms with van der Waals surface area (Å²) >= 11 is 1.85. The van der Waals surface area contributed by atoms with Gasteiger partial charge in [0.1, 0.15) is 0 Å². The molecule has 0 radical (unpaired) electrons. The largest absolute Gasteiger partial charge is 0.228 e. The summed E-state index contributed by atoms with van der Waals surface area (Å²) in [5.74, 6) is 0.703. The predicted octanol–water partition coefficient (Wildman–Crippen LogP) is 14.6. The molecule has 0 saturated heterocycles. The minimum atomic E-state index is 0.703. The first-order chi connectivity index (χ1) is 27.2. The first-order valence-electron chi connectivity index (χ1n) is 18.6. The molecule has 0 aliphatic heterocycles. The highest BCUT2D eigenvalue weighted by Gasteiger charge is 2.16. The Hall–Kier alpha value is -6.94. The third-order valence-electron chi connectivity index (χ3n) is 10.8. The molecule has 11 aromatic rings. The number of hydrogen-bond acceptors (Lipinski definition) is 3. The molecule has 0 aliphatic carbocycles. The van der Waals surface area contributed by atoms with Crippen LogP contribution >= 0.6 is 11.3 Å². The summed E-state index contributed by atoms with van der Waals surface area (Å²) in [6.45, 7) is 0. The Morgan fingerprint density at radius 1 is 0.291 bits per heavy atom. The Bertz CT molecular complexity index is 3260. The van der Waals surface area contributed by atoms with E-state index in [4.69, 9.17) is 9.97 Å². The number of rotatable bonds is 5. The maximum Gasteiger partial charge on any atom is 0.160 e. The van der Waals surface area contributed by atoms with E-state index in [9.17, 15) is 0 Å². The second-order valence-electron chi connectivity index (χ2n) is 14.2. The molecule has 55 heavy (non-hydrogen) atoms. The smallest absolute Gasteiger partial charge is 0.160 e. The van der Waals surface area contributed by atoms with Crippen molar-refractivity contribution in [3.63, 3.8) is 0 Å². The highest BCUT2D eigenvalue weighted by Crippen LogP contribution is 2.40. The van der Waals surface area contributed by atoms with Crippen LogP contribution in [-0.2, 0) is 0 Å². The Morgan fingerprint density at radius 2 is 0.873 bits per heavy atom. The predicted molar refractivity (Wildman–Crippen MR) is 235 cm³/mol. The molecule has 0 unspecified atom stereocenters. The SMILES string of the molecule is c1ccc(-c2nc(-c3cc(-c4ccc5sc6ccccc6c5c4)cc(-c4cccc5ccccc45)c3)cc(-c3ccc4ccc5ccccc5c4c3)n2)cc1. The molecule has 0 fully saturated rings. The number of hydrogen-bond donors (Lipinski definition) is 0.